The zero-order chi connectivity index (χ0) is 25.9. The van der Waals surface area contributed by atoms with E-state index >= 15 is 0 Å². The van der Waals surface area contributed by atoms with Crippen LogP contribution in [-0.4, -0.2) is 0 Å². The highest BCUT2D eigenvalue weighted by Crippen LogP contribution is 2.43. The molecule has 38 heavy (non-hydrogen) atoms. The summed E-state index contributed by atoms with van der Waals surface area (Å²) >= 11 is 0. The Bertz CT molecular complexity index is 1770. The van der Waals surface area contributed by atoms with Gasteiger partial charge in [0.15, 0.2) is 0 Å². The van der Waals surface area contributed by atoms with Gasteiger partial charge in [-0.1, -0.05) is 116 Å². The van der Waals surface area contributed by atoms with E-state index in [2.05, 4.69) is 115 Å². The largest absolute Gasteiger partial charge is 0.381 e. The summed E-state index contributed by atoms with van der Waals surface area (Å²) in [7, 11) is 0. The van der Waals surface area contributed by atoms with E-state index in [1.165, 1.54) is 43.8 Å². The second kappa shape index (κ2) is 10.1. The van der Waals surface area contributed by atoms with Crippen LogP contribution in [0.25, 0.3) is 49.5 Å². The summed E-state index contributed by atoms with van der Waals surface area (Å²) in [6.07, 6.45) is 0. The second-order valence-electron chi connectivity index (χ2n) is 9.43. The van der Waals surface area contributed by atoms with Crippen molar-refractivity contribution in [1.29, 1.82) is 5.26 Å². The molecular formula is C36H26N2. The smallest absolute Gasteiger partial charge is 0.0991 e. The lowest BCUT2D eigenvalue weighted by Crippen LogP contribution is -2.10. The van der Waals surface area contributed by atoms with Gasteiger partial charge >= 0.3 is 0 Å². The molecule has 2 nitrogen and oxygen atoms in total. The number of benzene rings is 6. The standard InChI is InChI=1S/C36H26N2/c1-25(28-11-3-2-4-12-28)38-24-27-10-9-13-30(22-27)36-33-16-7-5-14-31(33)35(32-15-6-8-17-34(32)36)29-20-18-26(23-37)19-21-29/h2-22,38H,1,24H2. The van der Waals surface area contributed by atoms with Gasteiger partial charge in [0.25, 0.3) is 0 Å². The zero-order valence-electron chi connectivity index (χ0n) is 21.0. The van der Waals surface area contributed by atoms with Gasteiger partial charge in [-0.15, -0.1) is 0 Å². The lowest BCUT2D eigenvalue weighted by atomic mass is 9.85. The number of rotatable bonds is 6. The van der Waals surface area contributed by atoms with Crippen LogP contribution in [0.5, 0.6) is 0 Å². The fourth-order valence-electron chi connectivity index (χ4n) is 5.25. The van der Waals surface area contributed by atoms with Crippen molar-refractivity contribution >= 4 is 27.2 Å². The summed E-state index contributed by atoms with van der Waals surface area (Å²) in [5, 5.41) is 17.6. The van der Waals surface area contributed by atoms with Crippen molar-refractivity contribution in [3.63, 3.8) is 0 Å². The van der Waals surface area contributed by atoms with E-state index in [4.69, 9.17) is 0 Å². The van der Waals surface area contributed by atoms with Gasteiger partial charge in [-0.2, -0.15) is 5.26 Å². The summed E-state index contributed by atoms with van der Waals surface area (Å²) in [6, 6.07) is 46.4. The molecule has 0 heterocycles. The molecule has 0 aromatic heterocycles. The Hall–Kier alpha value is -5.13. The molecule has 6 aromatic carbocycles. The topological polar surface area (TPSA) is 35.8 Å². The summed E-state index contributed by atoms with van der Waals surface area (Å²) in [6.45, 7) is 4.92. The number of nitrogens with one attached hydrogen (secondary N) is 1. The van der Waals surface area contributed by atoms with E-state index in [1.807, 2.05) is 30.3 Å². The summed E-state index contributed by atoms with van der Waals surface area (Å²) < 4.78 is 0. The molecule has 6 aromatic rings. The lowest BCUT2D eigenvalue weighted by molar-refractivity contribution is 0.892. The van der Waals surface area contributed by atoms with Crippen LogP contribution in [0, 0.1) is 11.3 Å². The number of nitrogens with zero attached hydrogens (tertiary/aromatic N) is 1. The van der Waals surface area contributed by atoms with Crippen LogP contribution in [0.2, 0.25) is 0 Å². The molecular weight excluding hydrogens is 460 g/mol. The van der Waals surface area contributed by atoms with Crippen molar-refractivity contribution in [3.8, 4) is 28.3 Å². The highest BCUT2D eigenvalue weighted by molar-refractivity contribution is 6.21. The van der Waals surface area contributed by atoms with Crippen molar-refractivity contribution in [2.75, 3.05) is 0 Å². The Morgan fingerprint density at radius 3 is 1.74 bits per heavy atom. The van der Waals surface area contributed by atoms with Crippen LogP contribution in [0.15, 0.2) is 134 Å². The van der Waals surface area contributed by atoms with Gasteiger partial charge in [0.2, 0.25) is 0 Å². The summed E-state index contributed by atoms with van der Waals surface area (Å²) in [4.78, 5) is 0. The molecule has 0 radical (unpaired) electrons. The minimum absolute atomic E-state index is 0.666. The molecule has 0 atom stereocenters. The van der Waals surface area contributed by atoms with Gasteiger partial charge in [0.1, 0.15) is 0 Å². The molecule has 0 saturated heterocycles. The van der Waals surface area contributed by atoms with E-state index in [-0.39, 0.29) is 0 Å². The maximum absolute atomic E-state index is 9.29. The van der Waals surface area contributed by atoms with Gasteiger partial charge < -0.3 is 5.32 Å². The van der Waals surface area contributed by atoms with Crippen LogP contribution < -0.4 is 5.32 Å². The van der Waals surface area contributed by atoms with Gasteiger partial charge in [0, 0.05) is 12.2 Å². The number of fused-ring (bicyclic) bond motifs is 2. The SMILES string of the molecule is C=C(NCc1cccc(-c2c3ccccc3c(-c3ccc(C#N)cc3)c3ccccc23)c1)c1ccccc1. The van der Waals surface area contributed by atoms with Gasteiger partial charge in [-0.3, -0.25) is 0 Å². The highest BCUT2D eigenvalue weighted by atomic mass is 14.9. The van der Waals surface area contributed by atoms with E-state index in [0.717, 1.165) is 16.8 Å². The molecule has 2 heteroatoms. The van der Waals surface area contributed by atoms with Crippen LogP contribution in [0.4, 0.5) is 0 Å². The molecule has 0 aliphatic carbocycles. The Morgan fingerprint density at radius 1 is 0.605 bits per heavy atom. The van der Waals surface area contributed by atoms with E-state index in [0.29, 0.717) is 12.1 Å². The fourth-order valence-corrected chi connectivity index (χ4v) is 5.25. The maximum Gasteiger partial charge on any atom is 0.0991 e. The third-order valence-electron chi connectivity index (χ3n) is 7.08. The van der Waals surface area contributed by atoms with Crippen LogP contribution in [0.3, 0.4) is 0 Å². The van der Waals surface area contributed by atoms with Gasteiger partial charge in [-0.05, 0) is 73.1 Å². The average molecular weight is 487 g/mol. The Balaban J connectivity index is 1.48. The van der Waals surface area contributed by atoms with E-state index in [1.54, 1.807) is 0 Å². The molecule has 1 N–H and O–H groups in total. The van der Waals surface area contributed by atoms with Gasteiger partial charge in [0.05, 0.1) is 11.6 Å². The molecule has 180 valence electrons. The first-order chi connectivity index (χ1) is 18.7. The van der Waals surface area contributed by atoms with Crippen molar-refractivity contribution in [3.05, 3.63) is 151 Å². The maximum atomic E-state index is 9.29. The molecule has 0 saturated carbocycles. The Morgan fingerprint density at radius 2 is 1.16 bits per heavy atom. The normalized spacial score (nSPS) is 10.8. The van der Waals surface area contributed by atoms with Crippen molar-refractivity contribution in [1.82, 2.24) is 5.32 Å². The average Bonchev–Trinajstić information content (AvgIpc) is 2.99. The minimum Gasteiger partial charge on any atom is -0.381 e. The third-order valence-corrected chi connectivity index (χ3v) is 7.08. The third kappa shape index (κ3) is 4.32. The number of nitriles is 1. The predicted molar refractivity (Wildman–Crippen MR) is 159 cm³/mol. The molecule has 0 aliphatic heterocycles. The van der Waals surface area contributed by atoms with Crippen LogP contribution in [0.1, 0.15) is 16.7 Å². The monoisotopic (exact) mass is 486 g/mol. The molecule has 6 rings (SSSR count). The second-order valence-corrected chi connectivity index (χ2v) is 9.43. The first-order valence-corrected chi connectivity index (χ1v) is 12.7. The first-order valence-electron chi connectivity index (χ1n) is 12.7. The van der Waals surface area contributed by atoms with E-state index < -0.39 is 0 Å². The minimum atomic E-state index is 0.666. The van der Waals surface area contributed by atoms with E-state index in [9.17, 15) is 5.26 Å². The fraction of sp³-hybridized carbons (Fsp3) is 0.0278. The Labute approximate surface area is 223 Å². The zero-order valence-corrected chi connectivity index (χ0v) is 21.0. The highest BCUT2D eigenvalue weighted by Gasteiger charge is 2.16. The summed E-state index contributed by atoms with van der Waals surface area (Å²) in [5.74, 6) is 0. The Kier molecular flexibility index (Phi) is 6.18. The lowest BCUT2D eigenvalue weighted by Gasteiger charge is -2.18. The van der Waals surface area contributed by atoms with Gasteiger partial charge in [-0.25, -0.2) is 0 Å². The quantitative estimate of drug-likeness (QED) is 0.239. The molecule has 0 aliphatic rings. The number of hydrogen-bond donors (Lipinski definition) is 1. The van der Waals surface area contributed by atoms with Crippen LogP contribution in [-0.2, 0) is 6.54 Å². The van der Waals surface area contributed by atoms with Crippen molar-refractivity contribution < 1.29 is 0 Å². The molecule has 0 amide bonds. The van der Waals surface area contributed by atoms with Crippen LogP contribution >= 0.6 is 0 Å². The first kappa shape index (κ1) is 23.3. The molecule has 0 spiro atoms. The van der Waals surface area contributed by atoms with Crippen molar-refractivity contribution in [2.24, 2.45) is 0 Å². The van der Waals surface area contributed by atoms with Crippen molar-refractivity contribution in [2.45, 2.75) is 6.54 Å². The summed E-state index contributed by atoms with van der Waals surface area (Å²) in [5.41, 5.74) is 8.61. The molecule has 0 unspecified atom stereocenters. The molecule has 0 fully saturated rings. The predicted octanol–water partition coefficient (Wildman–Crippen LogP) is 8.96. The molecule has 0 bridgehead atoms. The number of hydrogen-bond acceptors (Lipinski definition) is 2.